The fourth-order valence-corrected chi connectivity index (χ4v) is 1.48. The molecule has 1 heterocycles. The second kappa shape index (κ2) is 4.93. The van der Waals surface area contributed by atoms with Crippen LogP contribution >= 0.6 is 11.6 Å². The van der Waals surface area contributed by atoms with Gasteiger partial charge in [0.15, 0.2) is 6.20 Å². The van der Waals surface area contributed by atoms with E-state index in [0.717, 1.165) is 6.20 Å². The molecule has 0 saturated carbocycles. The quantitative estimate of drug-likeness (QED) is 0.377. The molecule has 2 N–H and O–H groups in total. The number of phenols is 1. The number of carbonyl (C=O) groups excluding carboxylic acids is 1. The zero-order chi connectivity index (χ0) is 13.1. The second-order valence-corrected chi connectivity index (χ2v) is 3.92. The predicted molar refractivity (Wildman–Crippen MR) is 66.5 cm³/mol. The predicted octanol–water partition coefficient (Wildman–Crippen LogP) is 1.93. The highest BCUT2D eigenvalue weighted by Crippen LogP contribution is 2.22. The molecular weight excluding hydrogens is 256 g/mol. The monoisotopic (exact) mass is 264 g/mol. The van der Waals surface area contributed by atoms with Gasteiger partial charge >= 0.3 is 0 Å². The maximum Gasteiger partial charge on any atom is 0.286 e. The van der Waals surface area contributed by atoms with Crippen molar-refractivity contribution in [2.75, 3.05) is 5.32 Å². The summed E-state index contributed by atoms with van der Waals surface area (Å²) >= 11 is 5.55. The van der Waals surface area contributed by atoms with Crippen LogP contribution in [-0.4, -0.2) is 11.0 Å². The molecule has 0 spiro atoms. The van der Waals surface area contributed by atoms with E-state index >= 15 is 0 Å². The first-order valence-corrected chi connectivity index (χ1v) is 5.44. The molecule has 5 nitrogen and oxygen atoms in total. The molecule has 0 fully saturated rings. The van der Waals surface area contributed by atoms with Crippen molar-refractivity contribution in [2.45, 2.75) is 0 Å². The number of hydrogen-bond donors (Lipinski definition) is 2. The van der Waals surface area contributed by atoms with E-state index in [1.165, 1.54) is 18.2 Å². The second-order valence-electron chi connectivity index (χ2n) is 3.54. The molecule has 0 radical (unpaired) electrons. The van der Waals surface area contributed by atoms with E-state index in [1.807, 2.05) is 0 Å². The summed E-state index contributed by atoms with van der Waals surface area (Å²) in [6, 6.07) is 9.06. The Morgan fingerprint density at radius 1 is 1.28 bits per heavy atom. The number of carbonyl (C=O) groups is 1. The highest BCUT2D eigenvalue weighted by molar-refractivity contribution is 6.28. The molecule has 18 heavy (non-hydrogen) atoms. The van der Waals surface area contributed by atoms with Crippen molar-refractivity contribution in [3.63, 3.8) is 0 Å². The molecule has 2 aromatic rings. The number of benzene rings is 1. The topological polar surface area (TPSA) is 76.3 Å². The fraction of sp³-hybridized carbons (Fsp3) is 0. The van der Waals surface area contributed by atoms with Gasteiger partial charge in [-0.3, -0.25) is 4.79 Å². The van der Waals surface area contributed by atoms with Crippen LogP contribution in [0.3, 0.4) is 0 Å². The van der Waals surface area contributed by atoms with E-state index in [-0.39, 0.29) is 22.2 Å². The Hall–Kier alpha value is -2.27. The van der Waals surface area contributed by atoms with E-state index in [1.54, 1.807) is 18.2 Å². The number of anilines is 1. The third kappa shape index (κ3) is 2.52. The van der Waals surface area contributed by atoms with Gasteiger partial charge in [-0.25, -0.2) is 0 Å². The molecule has 1 amide bonds. The summed E-state index contributed by atoms with van der Waals surface area (Å²) in [5.41, 5.74) is 0.424. The Balaban J connectivity index is 2.22. The first kappa shape index (κ1) is 12.2. The number of amides is 1. The molecule has 1 aromatic carbocycles. The summed E-state index contributed by atoms with van der Waals surface area (Å²) in [4.78, 5) is 11.8. The summed E-state index contributed by atoms with van der Waals surface area (Å²) in [5, 5.41) is 23.2. The number of para-hydroxylation sites is 2. The molecule has 92 valence electrons. The van der Waals surface area contributed by atoms with Gasteiger partial charge in [0.25, 0.3) is 11.1 Å². The first-order valence-electron chi connectivity index (χ1n) is 5.06. The molecule has 0 unspecified atom stereocenters. The molecule has 1 aromatic heterocycles. The van der Waals surface area contributed by atoms with Gasteiger partial charge in [0.1, 0.15) is 11.3 Å². The molecule has 0 bridgehead atoms. The number of pyridine rings is 1. The Bertz CT molecular complexity index is 602. The number of aromatic nitrogens is 1. The van der Waals surface area contributed by atoms with Crippen molar-refractivity contribution in [3.05, 3.63) is 58.5 Å². The zero-order valence-corrected chi connectivity index (χ0v) is 9.89. The van der Waals surface area contributed by atoms with Gasteiger partial charge in [-0.15, -0.1) is 0 Å². The van der Waals surface area contributed by atoms with E-state index < -0.39 is 5.91 Å². The van der Waals surface area contributed by atoms with Crippen molar-refractivity contribution in [3.8, 4) is 5.75 Å². The Morgan fingerprint density at radius 3 is 2.67 bits per heavy atom. The van der Waals surface area contributed by atoms with Crippen LogP contribution in [0.25, 0.3) is 0 Å². The SMILES string of the molecule is O=C(Nc1ccccc1O)c1ccc(Cl)[n+]([O-])c1. The maximum atomic E-state index is 11.8. The summed E-state index contributed by atoms with van der Waals surface area (Å²) in [5.74, 6) is -0.549. The molecule has 6 heteroatoms. The average molecular weight is 265 g/mol. The van der Waals surface area contributed by atoms with Gasteiger partial charge in [-0.2, -0.15) is 4.73 Å². The Kier molecular flexibility index (Phi) is 3.34. The van der Waals surface area contributed by atoms with Gasteiger partial charge in [0, 0.05) is 6.07 Å². The lowest BCUT2D eigenvalue weighted by Gasteiger charge is -2.06. The van der Waals surface area contributed by atoms with Crippen molar-refractivity contribution in [1.29, 1.82) is 0 Å². The summed E-state index contributed by atoms with van der Waals surface area (Å²) in [6.07, 6.45) is 1.07. The third-order valence-electron chi connectivity index (χ3n) is 2.28. The van der Waals surface area contributed by atoms with Crippen LogP contribution in [0.1, 0.15) is 10.4 Å². The first-order chi connectivity index (χ1) is 8.58. The minimum atomic E-state index is -0.502. The maximum absolute atomic E-state index is 11.8. The van der Waals surface area contributed by atoms with Crippen LogP contribution < -0.4 is 10.0 Å². The molecular formula is C12H9ClN2O3. The summed E-state index contributed by atoms with van der Waals surface area (Å²) in [7, 11) is 0. The van der Waals surface area contributed by atoms with Crippen molar-refractivity contribution >= 4 is 23.2 Å². The number of rotatable bonds is 2. The van der Waals surface area contributed by atoms with Crippen LogP contribution in [-0.2, 0) is 0 Å². The largest absolute Gasteiger partial charge is 0.618 e. The molecule has 0 aliphatic heterocycles. The Labute approximate surface area is 108 Å². The molecule has 2 rings (SSSR count). The zero-order valence-electron chi connectivity index (χ0n) is 9.13. The van der Waals surface area contributed by atoms with Crippen molar-refractivity contribution in [2.24, 2.45) is 0 Å². The number of hydrogen-bond acceptors (Lipinski definition) is 3. The standard InChI is InChI=1S/C12H9ClN2O3/c13-11-6-5-8(7-15(11)18)12(17)14-9-3-1-2-4-10(9)16/h1-7,16H,(H,14,17). The lowest BCUT2D eigenvalue weighted by Crippen LogP contribution is -2.29. The lowest BCUT2D eigenvalue weighted by molar-refractivity contribution is -0.603. The molecule has 0 saturated heterocycles. The van der Waals surface area contributed by atoms with Crippen LogP contribution in [0.2, 0.25) is 5.15 Å². The van der Waals surface area contributed by atoms with E-state index in [9.17, 15) is 15.1 Å². The van der Waals surface area contributed by atoms with Gasteiger partial charge in [-0.05, 0) is 29.8 Å². The van der Waals surface area contributed by atoms with Crippen molar-refractivity contribution < 1.29 is 14.6 Å². The highest BCUT2D eigenvalue weighted by Gasteiger charge is 2.12. The lowest BCUT2D eigenvalue weighted by atomic mass is 10.2. The normalized spacial score (nSPS) is 10.1. The van der Waals surface area contributed by atoms with Crippen LogP contribution in [0.15, 0.2) is 42.6 Å². The number of halogens is 1. The smallest absolute Gasteiger partial charge is 0.286 e. The average Bonchev–Trinajstić information content (AvgIpc) is 2.35. The van der Waals surface area contributed by atoms with E-state index in [4.69, 9.17) is 11.6 Å². The van der Waals surface area contributed by atoms with Gasteiger partial charge in [-0.1, -0.05) is 12.1 Å². The molecule has 0 atom stereocenters. The fourth-order valence-electron chi connectivity index (χ4n) is 1.37. The minimum Gasteiger partial charge on any atom is -0.618 e. The third-order valence-corrected chi connectivity index (χ3v) is 2.57. The van der Waals surface area contributed by atoms with Crippen LogP contribution in [0, 0.1) is 5.21 Å². The number of phenolic OH excluding ortho intramolecular Hbond substituents is 1. The summed E-state index contributed by atoms with van der Waals surface area (Å²) < 4.78 is 0.390. The molecule has 0 aliphatic rings. The minimum absolute atomic E-state index is 0.0193. The van der Waals surface area contributed by atoms with E-state index in [0.29, 0.717) is 4.73 Å². The van der Waals surface area contributed by atoms with Gasteiger partial charge < -0.3 is 15.6 Å². The van der Waals surface area contributed by atoms with Crippen LogP contribution in [0.5, 0.6) is 5.75 Å². The highest BCUT2D eigenvalue weighted by atomic mass is 35.5. The number of aromatic hydroxyl groups is 1. The van der Waals surface area contributed by atoms with E-state index in [2.05, 4.69) is 5.32 Å². The van der Waals surface area contributed by atoms with Gasteiger partial charge in [0.2, 0.25) is 0 Å². The van der Waals surface area contributed by atoms with Gasteiger partial charge in [0.05, 0.1) is 5.69 Å². The number of nitrogens with zero attached hydrogens (tertiary/aromatic N) is 1. The van der Waals surface area contributed by atoms with Crippen molar-refractivity contribution in [1.82, 2.24) is 0 Å². The number of nitrogens with one attached hydrogen (secondary N) is 1. The molecule has 0 aliphatic carbocycles. The van der Waals surface area contributed by atoms with Crippen LogP contribution in [0.4, 0.5) is 5.69 Å². The summed E-state index contributed by atoms with van der Waals surface area (Å²) in [6.45, 7) is 0. The Morgan fingerprint density at radius 2 is 2.00 bits per heavy atom.